The SMILES string of the molecule is CN(C1CC1)S(=O)(=O)c1ccc(C(=O)O)c(Cl)c1. The van der Waals surface area contributed by atoms with Crippen LogP contribution in [0.25, 0.3) is 0 Å². The van der Waals surface area contributed by atoms with Crippen LogP contribution in [0.5, 0.6) is 0 Å². The van der Waals surface area contributed by atoms with Crippen LogP contribution >= 0.6 is 11.6 Å². The lowest BCUT2D eigenvalue weighted by atomic mass is 10.2. The van der Waals surface area contributed by atoms with Gasteiger partial charge in [-0.2, -0.15) is 4.31 Å². The van der Waals surface area contributed by atoms with E-state index in [1.54, 1.807) is 0 Å². The van der Waals surface area contributed by atoms with E-state index in [0.717, 1.165) is 12.8 Å². The minimum absolute atomic E-state index is 0.0203. The highest BCUT2D eigenvalue weighted by molar-refractivity contribution is 7.89. The Kier molecular flexibility index (Phi) is 3.35. The molecule has 98 valence electrons. The molecule has 7 heteroatoms. The number of carbonyl (C=O) groups is 1. The molecular weight excluding hydrogens is 278 g/mol. The van der Waals surface area contributed by atoms with Crippen LogP contribution in [-0.2, 0) is 10.0 Å². The number of carboxylic acid groups (broad SMARTS) is 1. The molecule has 5 nitrogen and oxygen atoms in total. The molecule has 1 N–H and O–H groups in total. The number of benzene rings is 1. The second-order valence-electron chi connectivity index (χ2n) is 4.20. The Bertz CT molecular complexity index is 595. The fraction of sp³-hybridized carbons (Fsp3) is 0.364. The first-order valence-corrected chi connectivity index (χ1v) is 7.16. The van der Waals surface area contributed by atoms with E-state index in [0.29, 0.717) is 0 Å². The summed E-state index contributed by atoms with van der Waals surface area (Å²) in [5.41, 5.74) is -0.107. The first-order valence-electron chi connectivity index (χ1n) is 5.35. The predicted octanol–water partition coefficient (Wildman–Crippen LogP) is 1.82. The van der Waals surface area contributed by atoms with Gasteiger partial charge in [-0.1, -0.05) is 11.6 Å². The molecular formula is C11H12ClNO4S. The van der Waals surface area contributed by atoms with E-state index < -0.39 is 16.0 Å². The van der Waals surface area contributed by atoms with E-state index >= 15 is 0 Å². The number of rotatable bonds is 4. The van der Waals surface area contributed by atoms with Crippen molar-refractivity contribution in [2.75, 3.05) is 7.05 Å². The Labute approximate surface area is 110 Å². The monoisotopic (exact) mass is 289 g/mol. The van der Waals surface area contributed by atoms with Crippen molar-refractivity contribution >= 4 is 27.6 Å². The molecule has 1 aromatic rings. The molecule has 0 spiro atoms. The summed E-state index contributed by atoms with van der Waals surface area (Å²) in [6, 6.07) is 3.70. The molecule has 1 aliphatic carbocycles. The highest BCUT2D eigenvalue weighted by atomic mass is 35.5. The molecule has 1 fully saturated rings. The van der Waals surface area contributed by atoms with E-state index in [1.165, 1.54) is 29.6 Å². The number of halogens is 1. The number of hydrogen-bond donors (Lipinski definition) is 1. The van der Waals surface area contributed by atoms with Gasteiger partial charge in [-0.15, -0.1) is 0 Å². The van der Waals surface area contributed by atoms with Gasteiger partial charge in [0, 0.05) is 13.1 Å². The molecule has 1 aliphatic rings. The molecule has 0 unspecified atom stereocenters. The molecule has 1 saturated carbocycles. The summed E-state index contributed by atoms with van der Waals surface area (Å²) in [5.74, 6) is -1.18. The summed E-state index contributed by atoms with van der Waals surface area (Å²) in [6.07, 6.45) is 1.72. The lowest BCUT2D eigenvalue weighted by Gasteiger charge is -2.16. The number of aromatic carboxylic acids is 1. The van der Waals surface area contributed by atoms with E-state index in [4.69, 9.17) is 16.7 Å². The van der Waals surface area contributed by atoms with Gasteiger partial charge in [0.15, 0.2) is 0 Å². The van der Waals surface area contributed by atoms with Crippen molar-refractivity contribution in [2.45, 2.75) is 23.8 Å². The fourth-order valence-corrected chi connectivity index (χ4v) is 3.40. The first kappa shape index (κ1) is 13.3. The third-order valence-electron chi connectivity index (χ3n) is 2.91. The average molecular weight is 290 g/mol. The van der Waals surface area contributed by atoms with Crippen molar-refractivity contribution in [3.63, 3.8) is 0 Å². The van der Waals surface area contributed by atoms with Gasteiger partial charge in [0.05, 0.1) is 15.5 Å². The Morgan fingerprint density at radius 2 is 2.06 bits per heavy atom. The largest absolute Gasteiger partial charge is 0.478 e. The summed E-state index contributed by atoms with van der Waals surface area (Å²) in [5, 5.41) is 8.75. The third kappa shape index (κ3) is 2.36. The van der Waals surface area contributed by atoms with Gasteiger partial charge in [0.25, 0.3) is 0 Å². The van der Waals surface area contributed by atoms with Crippen molar-refractivity contribution in [3.05, 3.63) is 28.8 Å². The van der Waals surface area contributed by atoms with E-state index in [2.05, 4.69) is 0 Å². The highest BCUT2D eigenvalue weighted by Gasteiger charge is 2.35. The van der Waals surface area contributed by atoms with E-state index in [1.807, 2.05) is 0 Å². The number of sulfonamides is 1. The molecule has 2 rings (SSSR count). The predicted molar refractivity (Wildman–Crippen MR) is 66.4 cm³/mol. The third-order valence-corrected chi connectivity index (χ3v) is 5.13. The zero-order valence-corrected chi connectivity index (χ0v) is 11.2. The second-order valence-corrected chi connectivity index (χ2v) is 6.60. The van der Waals surface area contributed by atoms with Gasteiger partial charge >= 0.3 is 5.97 Å². The average Bonchev–Trinajstić information content (AvgIpc) is 3.11. The van der Waals surface area contributed by atoms with Gasteiger partial charge in [0.2, 0.25) is 10.0 Å². The molecule has 0 bridgehead atoms. The molecule has 1 aromatic carbocycles. The zero-order chi connectivity index (χ0) is 13.5. The number of hydrogen-bond acceptors (Lipinski definition) is 3. The van der Waals surface area contributed by atoms with Gasteiger partial charge in [-0.25, -0.2) is 13.2 Å². The maximum Gasteiger partial charge on any atom is 0.337 e. The summed E-state index contributed by atoms with van der Waals surface area (Å²) in [6.45, 7) is 0. The molecule has 0 amide bonds. The van der Waals surface area contributed by atoms with Crippen LogP contribution in [0.1, 0.15) is 23.2 Å². The normalized spacial score (nSPS) is 15.9. The van der Waals surface area contributed by atoms with Gasteiger partial charge in [0.1, 0.15) is 0 Å². The summed E-state index contributed by atoms with van der Waals surface area (Å²) >= 11 is 5.77. The van der Waals surface area contributed by atoms with Crippen molar-refractivity contribution in [3.8, 4) is 0 Å². The molecule has 18 heavy (non-hydrogen) atoms. The lowest BCUT2D eigenvalue weighted by molar-refractivity contribution is 0.0697. The summed E-state index contributed by atoms with van der Waals surface area (Å²) in [4.78, 5) is 10.8. The molecule has 0 radical (unpaired) electrons. The number of nitrogens with zero attached hydrogens (tertiary/aromatic N) is 1. The maximum atomic E-state index is 12.2. The van der Waals surface area contributed by atoms with Crippen LogP contribution < -0.4 is 0 Å². The second kappa shape index (κ2) is 4.53. The highest BCUT2D eigenvalue weighted by Crippen LogP contribution is 2.31. The van der Waals surface area contributed by atoms with Crippen molar-refractivity contribution in [1.82, 2.24) is 4.31 Å². The Balaban J connectivity index is 2.39. The smallest absolute Gasteiger partial charge is 0.337 e. The van der Waals surface area contributed by atoms with Gasteiger partial charge in [-0.05, 0) is 31.0 Å². The van der Waals surface area contributed by atoms with Crippen molar-refractivity contribution in [1.29, 1.82) is 0 Å². The number of carboxylic acids is 1. The topological polar surface area (TPSA) is 74.7 Å². The van der Waals surface area contributed by atoms with Crippen LogP contribution in [-0.4, -0.2) is 36.9 Å². The Morgan fingerprint density at radius 1 is 1.44 bits per heavy atom. The molecule has 0 heterocycles. The van der Waals surface area contributed by atoms with Crippen molar-refractivity contribution in [2.24, 2.45) is 0 Å². The Hall–Kier alpha value is -1.11. The van der Waals surface area contributed by atoms with E-state index in [-0.39, 0.29) is 21.5 Å². The van der Waals surface area contributed by atoms with Crippen LogP contribution in [0.2, 0.25) is 5.02 Å². The molecule has 0 aliphatic heterocycles. The molecule has 0 aromatic heterocycles. The van der Waals surface area contributed by atoms with Gasteiger partial charge in [-0.3, -0.25) is 0 Å². The van der Waals surface area contributed by atoms with Gasteiger partial charge < -0.3 is 5.11 Å². The first-order chi connectivity index (χ1) is 8.34. The van der Waals surface area contributed by atoms with Crippen LogP contribution in [0, 0.1) is 0 Å². The minimum atomic E-state index is -3.58. The minimum Gasteiger partial charge on any atom is -0.478 e. The van der Waals surface area contributed by atoms with E-state index in [9.17, 15) is 13.2 Å². The summed E-state index contributed by atoms with van der Waals surface area (Å²) in [7, 11) is -2.06. The van der Waals surface area contributed by atoms with Crippen LogP contribution in [0.15, 0.2) is 23.1 Å². The van der Waals surface area contributed by atoms with Crippen LogP contribution in [0.4, 0.5) is 0 Å². The zero-order valence-electron chi connectivity index (χ0n) is 9.63. The van der Waals surface area contributed by atoms with Crippen molar-refractivity contribution < 1.29 is 18.3 Å². The lowest BCUT2D eigenvalue weighted by Crippen LogP contribution is -2.29. The van der Waals surface area contributed by atoms with Crippen LogP contribution in [0.3, 0.4) is 0 Å². The Morgan fingerprint density at radius 3 is 2.50 bits per heavy atom. The standard InChI is InChI=1S/C11H12ClNO4S/c1-13(7-2-3-7)18(16,17)8-4-5-9(11(14)15)10(12)6-8/h4-7H,2-3H2,1H3,(H,14,15). The summed E-state index contributed by atoms with van der Waals surface area (Å²) < 4.78 is 25.6. The molecule has 0 saturated heterocycles. The quantitative estimate of drug-likeness (QED) is 0.917. The molecule has 0 atom stereocenters. The fourth-order valence-electron chi connectivity index (χ4n) is 1.63. The maximum absolute atomic E-state index is 12.2.